The molecule has 21 heavy (non-hydrogen) atoms. The second kappa shape index (κ2) is 6.62. The van der Waals surface area contributed by atoms with Crippen molar-refractivity contribution in [2.75, 3.05) is 19.0 Å². The summed E-state index contributed by atoms with van der Waals surface area (Å²) in [7, 11) is 6.17. The number of nitrogens with one attached hydrogen (secondary N) is 1. The van der Waals surface area contributed by atoms with Gasteiger partial charge in [-0.15, -0.1) is 11.3 Å². The van der Waals surface area contributed by atoms with Gasteiger partial charge in [-0.3, -0.25) is 4.68 Å². The summed E-state index contributed by atoms with van der Waals surface area (Å²) in [4.78, 5) is 3.52. The van der Waals surface area contributed by atoms with Crippen LogP contribution in [0.4, 0.5) is 5.82 Å². The van der Waals surface area contributed by atoms with Crippen molar-refractivity contribution >= 4 is 17.2 Å². The minimum atomic E-state index is 0.361. The summed E-state index contributed by atoms with van der Waals surface area (Å²) in [5.41, 5.74) is 2.49. The van der Waals surface area contributed by atoms with E-state index in [1.165, 1.54) is 22.0 Å². The molecule has 2 aromatic heterocycles. The molecule has 2 aromatic rings. The van der Waals surface area contributed by atoms with Gasteiger partial charge in [0.15, 0.2) is 0 Å². The second-order valence-electron chi connectivity index (χ2n) is 5.98. The topological polar surface area (TPSA) is 33.1 Å². The standard InChI is InChI=1S/C16H26N4S/c1-11(2)15-13(16(19(4)5)20(6)18-15)10-17-12(3)14-8-7-9-21-14/h7-9,11-12,17H,10H2,1-6H3/t12-/m1/s1. The number of rotatable bonds is 6. The van der Waals surface area contributed by atoms with Crippen LogP contribution in [0.2, 0.25) is 0 Å². The smallest absolute Gasteiger partial charge is 0.130 e. The highest BCUT2D eigenvalue weighted by Gasteiger charge is 2.20. The lowest BCUT2D eigenvalue weighted by molar-refractivity contribution is 0.578. The van der Waals surface area contributed by atoms with Gasteiger partial charge < -0.3 is 10.2 Å². The van der Waals surface area contributed by atoms with Crippen molar-refractivity contribution in [2.24, 2.45) is 7.05 Å². The van der Waals surface area contributed by atoms with Crippen LogP contribution in [-0.2, 0) is 13.6 Å². The second-order valence-corrected chi connectivity index (χ2v) is 6.96. The molecule has 116 valence electrons. The number of hydrogen-bond donors (Lipinski definition) is 1. The predicted molar refractivity (Wildman–Crippen MR) is 91.2 cm³/mol. The van der Waals surface area contributed by atoms with Crippen LogP contribution in [0.1, 0.15) is 48.9 Å². The molecule has 0 fully saturated rings. The lowest BCUT2D eigenvalue weighted by atomic mass is 10.0. The minimum absolute atomic E-state index is 0.361. The molecule has 0 spiro atoms. The summed E-state index contributed by atoms with van der Waals surface area (Å²) >= 11 is 1.80. The zero-order valence-electron chi connectivity index (χ0n) is 13.8. The summed E-state index contributed by atoms with van der Waals surface area (Å²) in [6.07, 6.45) is 0. The number of aryl methyl sites for hydroxylation is 1. The highest BCUT2D eigenvalue weighted by atomic mass is 32.1. The van der Waals surface area contributed by atoms with Gasteiger partial charge in [0.05, 0.1) is 5.69 Å². The first kappa shape index (κ1) is 16.0. The Bertz CT molecular complexity index is 569. The van der Waals surface area contributed by atoms with Gasteiger partial charge in [0.25, 0.3) is 0 Å². The van der Waals surface area contributed by atoms with Crippen molar-refractivity contribution in [2.45, 2.75) is 39.3 Å². The van der Waals surface area contributed by atoms with Crippen LogP contribution in [0.3, 0.4) is 0 Å². The fraction of sp³-hybridized carbons (Fsp3) is 0.562. The molecule has 4 nitrogen and oxygen atoms in total. The Hall–Kier alpha value is -1.33. The Morgan fingerprint density at radius 2 is 2.05 bits per heavy atom. The fourth-order valence-electron chi connectivity index (χ4n) is 2.67. The van der Waals surface area contributed by atoms with Gasteiger partial charge >= 0.3 is 0 Å². The monoisotopic (exact) mass is 306 g/mol. The highest BCUT2D eigenvalue weighted by molar-refractivity contribution is 7.10. The molecule has 0 unspecified atom stereocenters. The van der Waals surface area contributed by atoms with E-state index in [4.69, 9.17) is 5.10 Å². The van der Waals surface area contributed by atoms with Crippen molar-refractivity contribution in [1.82, 2.24) is 15.1 Å². The van der Waals surface area contributed by atoms with Gasteiger partial charge in [0.1, 0.15) is 5.82 Å². The number of thiophene rings is 1. The molecule has 0 aliphatic heterocycles. The first-order chi connectivity index (χ1) is 9.91. The zero-order chi connectivity index (χ0) is 15.6. The molecule has 2 heterocycles. The van der Waals surface area contributed by atoms with E-state index in [1.807, 2.05) is 11.7 Å². The molecular weight excluding hydrogens is 280 g/mol. The first-order valence-electron chi connectivity index (χ1n) is 7.41. The van der Waals surface area contributed by atoms with E-state index < -0.39 is 0 Å². The van der Waals surface area contributed by atoms with Crippen molar-refractivity contribution in [1.29, 1.82) is 0 Å². The van der Waals surface area contributed by atoms with Gasteiger partial charge in [-0.05, 0) is 24.3 Å². The third kappa shape index (κ3) is 3.47. The zero-order valence-corrected chi connectivity index (χ0v) is 14.7. The maximum atomic E-state index is 4.71. The van der Waals surface area contributed by atoms with E-state index in [1.54, 1.807) is 11.3 Å². The Morgan fingerprint density at radius 1 is 1.33 bits per heavy atom. The molecule has 0 aliphatic rings. The van der Waals surface area contributed by atoms with Crippen molar-refractivity contribution in [3.8, 4) is 0 Å². The molecule has 5 heteroatoms. The number of aromatic nitrogens is 2. The quantitative estimate of drug-likeness (QED) is 0.886. The van der Waals surface area contributed by atoms with E-state index in [0.717, 1.165) is 6.54 Å². The molecule has 0 amide bonds. The lowest BCUT2D eigenvalue weighted by Gasteiger charge is -2.18. The Labute approximate surface area is 131 Å². The minimum Gasteiger partial charge on any atom is -0.363 e. The van der Waals surface area contributed by atoms with E-state index in [2.05, 4.69) is 62.6 Å². The number of hydrogen-bond acceptors (Lipinski definition) is 4. The molecule has 0 saturated carbocycles. The van der Waals surface area contributed by atoms with Crippen LogP contribution in [-0.4, -0.2) is 23.9 Å². The maximum Gasteiger partial charge on any atom is 0.130 e. The van der Waals surface area contributed by atoms with Gasteiger partial charge in [0.2, 0.25) is 0 Å². The van der Waals surface area contributed by atoms with Crippen LogP contribution >= 0.6 is 11.3 Å². The molecule has 0 aliphatic carbocycles. The van der Waals surface area contributed by atoms with Crippen LogP contribution in [0, 0.1) is 0 Å². The van der Waals surface area contributed by atoms with E-state index in [0.29, 0.717) is 12.0 Å². The third-order valence-corrected chi connectivity index (χ3v) is 4.72. The van der Waals surface area contributed by atoms with Gasteiger partial charge in [-0.25, -0.2) is 0 Å². The van der Waals surface area contributed by atoms with Crippen LogP contribution in [0.25, 0.3) is 0 Å². The molecular formula is C16H26N4S. The largest absolute Gasteiger partial charge is 0.363 e. The first-order valence-corrected chi connectivity index (χ1v) is 8.29. The third-order valence-electron chi connectivity index (χ3n) is 3.67. The average molecular weight is 306 g/mol. The summed E-state index contributed by atoms with van der Waals surface area (Å²) in [5, 5.41) is 10.5. The summed E-state index contributed by atoms with van der Waals surface area (Å²) < 4.78 is 1.99. The number of nitrogens with zero attached hydrogens (tertiary/aromatic N) is 3. The summed E-state index contributed by atoms with van der Waals surface area (Å²) in [5.74, 6) is 1.61. The van der Waals surface area contributed by atoms with E-state index in [-0.39, 0.29) is 0 Å². The van der Waals surface area contributed by atoms with Crippen LogP contribution in [0.5, 0.6) is 0 Å². The number of anilines is 1. The van der Waals surface area contributed by atoms with Crippen LogP contribution < -0.4 is 10.2 Å². The Balaban J connectivity index is 2.21. The Kier molecular flexibility index (Phi) is 5.06. The molecule has 0 aromatic carbocycles. The van der Waals surface area contributed by atoms with Gasteiger partial charge in [-0.1, -0.05) is 19.9 Å². The normalized spacial score (nSPS) is 12.9. The van der Waals surface area contributed by atoms with E-state index >= 15 is 0 Å². The molecule has 2 rings (SSSR count). The maximum absolute atomic E-state index is 4.71. The molecule has 0 bridgehead atoms. The Morgan fingerprint density at radius 3 is 2.57 bits per heavy atom. The lowest BCUT2D eigenvalue weighted by Crippen LogP contribution is -2.21. The summed E-state index contributed by atoms with van der Waals surface area (Å²) in [6.45, 7) is 7.46. The van der Waals surface area contributed by atoms with Gasteiger partial charge in [-0.2, -0.15) is 5.10 Å². The van der Waals surface area contributed by atoms with Crippen molar-refractivity contribution in [3.63, 3.8) is 0 Å². The highest BCUT2D eigenvalue weighted by Crippen LogP contribution is 2.28. The molecule has 1 N–H and O–H groups in total. The fourth-order valence-corrected chi connectivity index (χ4v) is 3.42. The molecule has 0 saturated heterocycles. The van der Waals surface area contributed by atoms with Crippen molar-refractivity contribution in [3.05, 3.63) is 33.6 Å². The van der Waals surface area contributed by atoms with E-state index in [9.17, 15) is 0 Å². The SMILES string of the molecule is CC(C)c1nn(C)c(N(C)C)c1CN[C@H](C)c1cccs1. The van der Waals surface area contributed by atoms with Gasteiger partial charge in [0, 0.05) is 44.2 Å². The predicted octanol–water partition coefficient (Wildman–Crippen LogP) is 3.52. The molecule has 1 atom stereocenters. The van der Waals surface area contributed by atoms with Crippen LogP contribution in [0.15, 0.2) is 17.5 Å². The average Bonchev–Trinajstić information content (AvgIpc) is 3.02. The summed E-state index contributed by atoms with van der Waals surface area (Å²) in [6, 6.07) is 4.65. The van der Waals surface area contributed by atoms with Crippen molar-refractivity contribution < 1.29 is 0 Å². The molecule has 0 radical (unpaired) electrons.